The van der Waals surface area contributed by atoms with Gasteiger partial charge in [0, 0.05) is 29.9 Å². The second-order valence-corrected chi connectivity index (χ2v) is 6.35. The summed E-state index contributed by atoms with van der Waals surface area (Å²) in [6.07, 6.45) is -1.70. The molecule has 0 fully saturated rings. The Labute approximate surface area is 159 Å². The molecule has 1 heterocycles. The van der Waals surface area contributed by atoms with E-state index in [1.807, 2.05) is 0 Å². The molecule has 3 aromatic rings. The summed E-state index contributed by atoms with van der Waals surface area (Å²) in [7, 11) is 1.49. The molecule has 3 rings (SSSR count). The molecule has 0 aliphatic carbocycles. The molecule has 0 saturated carbocycles. The van der Waals surface area contributed by atoms with Crippen LogP contribution in [0.5, 0.6) is 5.75 Å². The van der Waals surface area contributed by atoms with Crippen LogP contribution < -0.4 is 5.32 Å². The first-order valence-electron chi connectivity index (χ1n) is 8.44. The molecule has 1 amide bonds. The molecule has 0 aliphatic heterocycles. The van der Waals surface area contributed by atoms with E-state index >= 15 is 0 Å². The standard InChI is InChI=1S/C20H18F3N3O2/c1-12-7-15(13-9-25-26(10-13)11-18(28)24-2)19(16(8-12)20(21,22)23)14-5-3-4-6-17(14)27/h3-10,27H,11H2,1-2H3,(H,24,28). The first-order valence-corrected chi connectivity index (χ1v) is 8.44. The van der Waals surface area contributed by atoms with Crippen molar-refractivity contribution in [2.75, 3.05) is 7.05 Å². The number of alkyl halides is 3. The normalized spacial score (nSPS) is 11.5. The topological polar surface area (TPSA) is 67.2 Å². The van der Waals surface area contributed by atoms with Gasteiger partial charge in [-0.25, -0.2) is 0 Å². The number of phenols is 1. The lowest BCUT2D eigenvalue weighted by atomic mass is 9.89. The predicted octanol–water partition coefficient (Wildman–Crippen LogP) is 4.00. The average molecular weight is 389 g/mol. The Morgan fingerprint density at radius 1 is 1.21 bits per heavy atom. The molecular formula is C20H18F3N3O2. The van der Waals surface area contributed by atoms with Crippen molar-refractivity contribution in [3.63, 3.8) is 0 Å². The summed E-state index contributed by atoms with van der Waals surface area (Å²) in [5, 5.41) is 16.7. The summed E-state index contributed by atoms with van der Waals surface area (Å²) in [5.74, 6) is -0.536. The van der Waals surface area contributed by atoms with Crippen LogP contribution in [0.3, 0.4) is 0 Å². The van der Waals surface area contributed by atoms with Crippen LogP contribution in [0.2, 0.25) is 0 Å². The molecular weight excluding hydrogens is 371 g/mol. The third-order valence-electron chi connectivity index (χ3n) is 4.29. The molecule has 0 unspecified atom stereocenters. The Morgan fingerprint density at radius 2 is 1.93 bits per heavy atom. The third-order valence-corrected chi connectivity index (χ3v) is 4.29. The number of aromatic nitrogens is 2. The van der Waals surface area contributed by atoms with Crippen molar-refractivity contribution in [1.82, 2.24) is 15.1 Å². The lowest BCUT2D eigenvalue weighted by Gasteiger charge is -2.19. The van der Waals surface area contributed by atoms with Crippen LogP contribution in [0.15, 0.2) is 48.8 Å². The van der Waals surface area contributed by atoms with Gasteiger partial charge in [0.2, 0.25) is 5.91 Å². The molecule has 0 bridgehead atoms. The van der Waals surface area contributed by atoms with E-state index in [9.17, 15) is 23.1 Å². The van der Waals surface area contributed by atoms with Crippen LogP contribution in [-0.4, -0.2) is 27.8 Å². The minimum atomic E-state index is -4.61. The fraction of sp³-hybridized carbons (Fsp3) is 0.200. The summed E-state index contributed by atoms with van der Waals surface area (Å²) in [5.41, 5.74) is 0.205. The van der Waals surface area contributed by atoms with Crippen LogP contribution in [0.1, 0.15) is 11.1 Å². The number of rotatable bonds is 4. The molecule has 28 heavy (non-hydrogen) atoms. The Hall–Kier alpha value is -3.29. The fourth-order valence-corrected chi connectivity index (χ4v) is 3.03. The highest BCUT2D eigenvalue weighted by Crippen LogP contribution is 2.45. The summed E-state index contributed by atoms with van der Waals surface area (Å²) in [6, 6.07) is 8.55. The van der Waals surface area contributed by atoms with Gasteiger partial charge in [0.25, 0.3) is 0 Å². The molecule has 0 saturated heterocycles. The van der Waals surface area contributed by atoms with E-state index in [2.05, 4.69) is 10.4 Å². The highest BCUT2D eigenvalue weighted by atomic mass is 19.4. The van der Waals surface area contributed by atoms with Crippen molar-refractivity contribution < 1.29 is 23.1 Å². The number of phenolic OH excluding ortho intramolecular Hbond substituents is 1. The van der Waals surface area contributed by atoms with E-state index in [0.717, 1.165) is 6.07 Å². The van der Waals surface area contributed by atoms with Crippen molar-refractivity contribution >= 4 is 5.91 Å². The molecule has 2 N–H and O–H groups in total. The lowest BCUT2D eigenvalue weighted by Crippen LogP contribution is -2.23. The summed E-state index contributed by atoms with van der Waals surface area (Å²) in [6.45, 7) is 1.52. The van der Waals surface area contributed by atoms with Crippen LogP contribution in [-0.2, 0) is 17.5 Å². The van der Waals surface area contributed by atoms with Gasteiger partial charge in [0.15, 0.2) is 0 Å². The van der Waals surface area contributed by atoms with E-state index in [4.69, 9.17) is 0 Å². The molecule has 8 heteroatoms. The number of nitrogens with zero attached hydrogens (tertiary/aromatic N) is 2. The summed E-state index contributed by atoms with van der Waals surface area (Å²) in [4.78, 5) is 11.5. The average Bonchev–Trinajstić information content (AvgIpc) is 3.09. The lowest BCUT2D eigenvalue weighted by molar-refractivity contribution is -0.137. The number of hydrogen-bond donors (Lipinski definition) is 2. The minimum absolute atomic E-state index is 0.0552. The van der Waals surface area contributed by atoms with Crippen molar-refractivity contribution in [3.05, 3.63) is 59.9 Å². The Morgan fingerprint density at radius 3 is 2.57 bits per heavy atom. The van der Waals surface area contributed by atoms with Gasteiger partial charge >= 0.3 is 6.18 Å². The second kappa shape index (κ2) is 7.38. The number of aryl methyl sites for hydroxylation is 1. The largest absolute Gasteiger partial charge is 0.507 e. The smallest absolute Gasteiger partial charge is 0.417 e. The molecule has 1 aromatic heterocycles. The van der Waals surface area contributed by atoms with Crippen LogP contribution >= 0.6 is 0 Å². The van der Waals surface area contributed by atoms with E-state index in [-0.39, 0.29) is 34.9 Å². The maximum Gasteiger partial charge on any atom is 0.417 e. The molecule has 0 aliphatic rings. The number of carbonyl (C=O) groups is 1. The first kappa shape index (κ1) is 19.5. The zero-order valence-electron chi connectivity index (χ0n) is 15.2. The number of benzene rings is 2. The fourth-order valence-electron chi connectivity index (χ4n) is 3.03. The molecule has 0 atom stereocenters. The van der Waals surface area contributed by atoms with Gasteiger partial charge in [-0.2, -0.15) is 18.3 Å². The number of aromatic hydroxyl groups is 1. The van der Waals surface area contributed by atoms with Gasteiger partial charge in [-0.3, -0.25) is 9.48 Å². The Kier molecular flexibility index (Phi) is 5.13. The highest BCUT2D eigenvalue weighted by molar-refractivity contribution is 5.88. The maximum atomic E-state index is 13.8. The van der Waals surface area contributed by atoms with Crippen molar-refractivity contribution in [2.24, 2.45) is 0 Å². The maximum absolute atomic E-state index is 13.8. The van der Waals surface area contributed by atoms with E-state index in [1.165, 1.54) is 36.3 Å². The van der Waals surface area contributed by atoms with Gasteiger partial charge in [0.1, 0.15) is 12.3 Å². The summed E-state index contributed by atoms with van der Waals surface area (Å²) >= 11 is 0. The number of amides is 1. The van der Waals surface area contributed by atoms with Crippen LogP contribution in [0.4, 0.5) is 13.2 Å². The monoisotopic (exact) mass is 389 g/mol. The van der Waals surface area contributed by atoms with Gasteiger partial charge in [-0.05, 0) is 30.2 Å². The van der Waals surface area contributed by atoms with Gasteiger partial charge in [-0.15, -0.1) is 0 Å². The quantitative estimate of drug-likeness (QED) is 0.709. The zero-order valence-corrected chi connectivity index (χ0v) is 15.2. The van der Waals surface area contributed by atoms with Crippen LogP contribution in [0, 0.1) is 6.92 Å². The molecule has 0 radical (unpaired) electrons. The Bertz CT molecular complexity index is 1030. The number of nitrogens with one attached hydrogen (secondary N) is 1. The van der Waals surface area contributed by atoms with Gasteiger partial charge in [-0.1, -0.05) is 24.3 Å². The Balaban J connectivity index is 2.25. The van der Waals surface area contributed by atoms with Crippen LogP contribution in [0.25, 0.3) is 22.3 Å². The number of para-hydroxylation sites is 1. The first-order chi connectivity index (χ1) is 13.2. The number of carbonyl (C=O) groups excluding carboxylic acids is 1. The number of hydrogen-bond acceptors (Lipinski definition) is 3. The second-order valence-electron chi connectivity index (χ2n) is 6.35. The molecule has 0 spiro atoms. The SMILES string of the molecule is CNC(=O)Cn1cc(-c2cc(C)cc(C(F)(F)F)c2-c2ccccc2O)cn1. The van der Waals surface area contributed by atoms with Crippen molar-refractivity contribution in [1.29, 1.82) is 0 Å². The minimum Gasteiger partial charge on any atom is -0.507 e. The number of likely N-dealkylation sites (N-methyl/N-ethyl adjacent to an activating group) is 1. The van der Waals surface area contributed by atoms with E-state index in [1.54, 1.807) is 25.1 Å². The predicted molar refractivity (Wildman–Crippen MR) is 98.6 cm³/mol. The highest BCUT2D eigenvalue weighted by Gasteiger charge is 2.36. The third kappa shape index (κ3) is 3.85. The van der Waals surface area contributed by atoms with E-state index < -0.39 is 11.7 Å². The number of halogens is 3. The summed E-state index contributed by atoms with van der Waals surface area (Å²) < 4.78 is 42.8. The van der Waals surface area contributed by atoms with Crippen molar-refractivity contribution in [3.8, 4) is 28.0 Å². The zero-order chi connectivity index (χ0) is 20.5. The molecule has 146 valence electrons. The molecule has 2 aromatic carbocycles. The van der Waals surface area contributed by atoms with Gasteiger partial charge in [0.05, 0.1) is 11.8 Å². The van der Waals surface area contributed by atoms with Gasteiger partial charge < -0.3 is 10.4 Å². The molecule has 5 nitrogen and oxygen atoms in total. The van der Waals surface area contributed by atoms with Crippen molar-refractivity contribution in [2.45, 2.75) is 19.6 Å². The van der Waals surface area contributed by atoms with E-state index in [0.29, 0.717) is 11.1 Å².